The molecule has 0 heterocycles. The minimum atomic E-state index is -0.269. The van der Waals surface area contributed by atoms with Gasteiger partial charge in [0.15, 0.2) is 0 Å². The molecule has 1 atom stereocenters. The zero-order valence-electron chi connectivity index (χ0n) is 11.3. The van der Waals surface area contributed by atoms with Crippen molar-refractivity contribution in [3.63, 3.8) is 0 Å². The van der Waals surface area contributed by atoms with Crippen LogP contribution < -0.4 is 10.5 Å². The zero-order chi connectivity index (χ0) is 14.5. The van der Waals surface area contributed by atoms with E-state index in [1.165, 1.54) is 11.6 Å². The number of ether oxygens (including phenoxy) is 1. The van der Waals surface area contributed by atoms with E-state index < -0.39 is 0 Å². The monoisotopic (exact) mass is 337 g/mol. The second-order valence-corrected chi connectivity index (χ2v) is 5.72. The molecular formula is C16H17BrFNO. The second kappa shape index (κ2) is 6.86. The lowest BCUT2D eigenvalue weighted by molar-refractivity contribution is 0.306. The van der Waals surface area contributed by atoms with Crippen LogP contribution >= 0.6 is 15.9 Å². The Bertz CT molecular complexity index is 569. The molecule has 20 heavy (non-hydrogen) atoms. The maximum absolute atomic E-state index is 13.1. The standard InChI is InChI=1S/C16H17BrFNO/c1-11(19)8-12-2-5-14(6-3-12)20-10-13-4-7-16(18)15(17)9-13/h2-7,9,11H,8,10,19H2,1H3. The minimum absolute atomic E-state index is 0.151. The van der Waals surface area contributed by atoms with Crippen LogP contribution in [-0.4, -0.2) is 6.04 Å². The highest BCUT2D eigenvalue weighted by atomic mass is 79.9. The van der Waals surface area contributed by atoms with E-state index in [4.69, 9.17) is 10.5 Å². The van der Waals surface area contributed by atoms with Crippen LogP contribution in [0.15, 0.2) is 46.9 Å². The van der Waals surface area contributed by atoms with Crippen molar-refractivity contribution in [2.75, 3.05) is 0 Å². The van der Waals surface area contributed by atoms with E-state index in [-0.39, 0.29) is 11.9 Å². The van der Waals surface area contributed by atoms with Gasteiger partial charge in [-0.3, -0.25) is 0 Å². The van der Waals surface area contributed by atoms with Gasteiger partial charge < -0.3 is 10.5 Å². The van der Waals surface area contributed by atoms with E-state index in [1.807, 2.05) is 31.2 Å². The van der Waals surface area contributed by atoms with E-state index in [2.05, 4.69) is 15.9 Å². The van der Waals surface area contributed by atoms with Gasteiger partial charge in [-0.2, -0.15) is 0 Å². The molecule has 106 valence electrons. The summed E-state index contributed by atoms with van der Waals surface area (Å²) in [5.74, 6) is 0.521. The molecule has 0 fully saturated rings. The van der Waals surface area contributed by atoms with Crippen LogP contribution in [0.25, 0.3) is 0 Å². The average Bonchev–Trinajstić information content (AvgIpc) is 2.41. The first-order chi connectivity index (χ1) is 9.54. The lowest BCUT2D eigenvalue weighted by atomic mass is 10.1. The molecule has 0 radical (unpaired) electrons. The fourth-order valence-electron chi connectivity index (χ4n) is 1.89. The maximum atomic E-state index is 13.1. The molecule has 0 spiro atoms. The van der Waals surface area contributed by atoms with Crippen molar-refractivity contribution < 1.29 is 9.13 Å². The summed E-state index contributed by atoms with van der Waals surface area (Å²) >= 11 is 3.16. The van der Waals surface area contributed by atoms with E-state index >= 15 is 0 Å². The van der Waals surface area contributed by atoms with Gasteiger partial charge in [0.1, 0.15) is 18.2 Å². The fourth-order valence-corrected chi connectivity index (χ4v) is 2.32. The van der Waals surface area contributed by atoms with E-state index in [0.29, 0.717) is 11.1 Å². The van der Waals surface area contributed by atoms with Crippen LogP contribution in [-0.2, 0) is 13.0 Å². The van der Waals surface area contributed by atoms with Crippen LogP contribution in [0.3, 0.4) is 0 Å². The van der Waals surface area contributed by atoms with Crippen molar-refractivity contribution in [3.05, 3.63) is 63.9 Å². The molecule has 0 amide bonds. The summed E-state index contributed by atoms with van der Waals surface area (Å²) in [6.45, 7) is 2.39. The summed E-state index contributed by atoms with van der Waals surface area (Å²) in [7, 11) is 0. The smallest absolute Gasteiger partial charge is 0.137 e. The molecule has 2 aromatic carbocycles. The predicted molar refractivity (Wildman–Crippen MR) is 82.2 cm³/mol. The van der Waals surface area contributed by atoms with Crippen molar-refractivity contribution >= 4 is 15.9 Å². The van der Waals surface area contributed by atoms with E-state index in [9.17, 15) is 4.39 Å². The van der Waals surface area contributed by atoms with E-state index in [1.54, 1.807) is 12.1 Å². The molecule has 2 nitrogen and oxygen atoms in total. The Morgan fingerprint density at radius 3 is 2.40 bits per heavy atom. The molecule has 4 heteroatoms. The number of halogens is 2. The SMILES string of the molecule is CC(N)Cc1ccc(OCc2ccc(F)c(Br)c2)cc1. The summed E-state index contributed by atoms with van der Waals surface area (Å²) in [5.41, 5.74) is 7.86. The Hall–Kier alpha value is -1.39. The van der Waals surface area contributed by atoms with E-state index in [0.717, 1.165) is 17.7 Å². The first kappa shape index (κ1) is 15.0. The Balaban J connectivity index is 1.95. The molecule has 2 N–H and O–H groups in total. The highest BCUT2D eigenvalue weighted by Gasteiger charge is 2.02. The molecule has 0 aliphatic carbocycles. The maximum Gasteiger partial charge on any atom is 0.137 e. The van der Waals surface area contributed by atoms with Crippen molar-refractivity contribution in [2.45, 2.75) is 26.0 Å². The molecular weight excluding hydrogens is 321 g/mol. The van der Waals surface area contributed by atoms with Crippen LogP contribution in [0.1, 0.15) is 18.1 Å². The third kappa shape index (κ3) is 4.32. The van der Waals surface area contributed by atoms with Crippen LogP contribution in [0, 0.1) is 5.82 Å². The van der Waals surface area contributed by atoms with Gasteiger partial charge in [-0.1, -0.05) is 18.2 Å². The molecule has 0 aliphatic rings. The van der Waals surface area contributed by atoms with Gasteiger partial charge in [0.05, 0.1) is 4.47 Å². The molecule has 0 bridgehead atoms. The largest absolute Gasteiger partial charge is 0.489 e. The van der Waals surface area contributed by atoms with Gasteiger partial charge in [-0.15, -0.1) is 0 Å². The Morgan fingerprint density at radius 1 is 1.15 bits per heavy atom. The van der Waals surface area contributed by atoms with Gasteiger partial charge in [0.2, 0.25) is 0 Å². The third-order valence-electron chi connectivity index (χ3n) is 2.87. The van der Waals surface area contributed by atoms with Crippen LogP contribution in [0.4, 0.5) is 4.39 Å². The van der Waals surface area contributed by atoms with Gasteiger partial charge >= 0.3 is 0 Å². The molecule has 2 aromatic rings. The molecule has 0 aromatic heterocycles. The quantitative estimate of drug-likeness (QED) is 0.892. The third-order valence-corrected chi connectivity index (χ3v) is 3.48. The van der Waals surface area contributed by atoms with Crippen molar-refractivity contribution in [1.82, 2.24) is 0 Å². The Labute approximate surface area is 126 Å². The highest BCUT2D eigenvalue weighted by molar-refractivity contribution is 9.10. The zero-order valence-corrected chi connectivity index (χ0v) is 12.9. The Kier molecular flexibility index (Phi) is 5.15. The average molecular weight is 338 g/mol. The molecule has 0 saturated heterocycles. The van der Waals surface area contributed by atoms with Gasteiger partial charge in [0.25, 0.3) is 0 Å². The molecule has 0 aliphatic heterocycles. The molecule has 0 saturated carbocycles. The summed E-state index contributed by atoms with van der Waals surface area (Å²) in [6, 6.07) is 12.9. The van der Waals surface area contributed by atoms with Crippen molar-refractivity contribution in [3.8, 4) is 5.75 Å². The lowest BCUT2D eigenvalue weighted by Crippen LogP contribution is -2.17. The van der Waals surface area contributed by atoms with Gasteiger partial charge in [0, 0.05) is 6.04 Å². The molecule has 1 unspecified atom stereocenters. The first-order valence-electron chi connectivity index (χ1n) is 6.46. The van der Waals surface area contributed by atoms with Crippen molar-refractivity contribution in [1.29, 1.82) is 0 Å². The second-order valence-electron chi connectivity index (χ2n) is 4.86. The normalized spacial score (nSPS) is 12.2. The van der Waals surface area contributed by atoms with Crippen LogP contribution in [0.2, 0.25) is 0 Å². The van der Waals surface area contributed by atoms with Crippen molar-refractivity contribution in [2.24, 2.45) is 5.73 Å². The Morgan fingerprint density at radius 2 is 1.80 bits per heavy atom. The topological polar surface area (TPSA) is 35.2 Å². The highest BCUT2D eigenvalue weighted by Crippen LogP contribution is 2.19. The minimum Gasteiger partial charge on any atom is -0.489 e. The first-order valence-corrected chi connectivity index (χ1v) is 7.25. The summed E-state index contributed by atoms with van der Waals surface area (Å²) < 4.78 is 19.2. The number of rotatable bonds is 5. The van der Waals surface area contributed by atoms with Gasteiger partial charge in [-0.05, 0) is 64.7 Å². The summed E-state index contributed by atoms with van der Waals surface area (Å²) in [4.78, 5) is 0. The predicted octanol–water partition coefficient (Wildman–Crippen LogP) is 4.06. The summed E-state index contributed by atoms with van der Waals surface area (Å²) in [6.07, 6.45) is 0.852. The number of hydrogen-bond donors (Lipinski definition) is 1. The number of hydrogen-bond acceptors (Lipinski definition) is 2. The number of benzene rings is 2. The lowest BCUT2D eigenvalue weighted by Gasteiger charge is -2.09. The summed E-state index contributed by atoms with van der Waals surface area (Å²) in [5, 5.41) is 0. The molecule has 2 rings (SSSR count). The van der Waals surface area contributed by atoms with Crippen LogP contribution in [0.5, 0.6) is 5.75 Å². The number of nitrogens with two attached hydrogens (primary N) is 1. The fraction of sp³-hybridized carbons (Fsp3) is 0.250. The van der Waals surface area contributed by atoms with Gasteiger partial charge in [-0.25, -0.2) is 4.39 Å².